The van der Waals surface area contributed by atoms with Crippen LogP contribution in [-0.4, -0.2) is 19.6 Å². The highest BCUT2D eigenvalue weighted by atomic mass is 35.5. The summed E-state index contributed by atoms with van der Waals surface area (Å²) >= 11 is 0. The highest BCUT2D eigenvalue weighted by Gasteiger charge is 2.25. The molecule has 0 radical (unpaired) electrons. The smallest absolute Gasteiger partial charge is 0.328 e. The number of aromatic nitrogens is 3. The van der Waals surface area contributed by atoms with E-state index in [4.69, 9.17) is 4.98 Å². The largest absolute Gasteiger partial charge is 0.412 e. The molecule has 0 fully saturated rings. The zero-order chi connectivity index (χ0) is 15.9. The van der Waals surface area contributed by atoms with Gasteiger partial charge in [-0.3, -0.25) is 14.1 Å². The fourth-order valence-electron chi connectivity index (χ4n) is 3.25. The predicted molar refractivity (Wildman–Crippen MR) is 100 cm³/mol. The minimum atomic E-state index is 0. The zero-order valence-electron chi connectivity index (χ0n) is 14.5. The summed E-state index contributed by atoms with van der Waals surface area (Å²) in [5.74, 6) is 0. The van der Waals surface area contributed by atoms with Gasteiger partial charge in [0.05, 0.1) is 11.4 Å². The van der Waals surface area contributed by atoms with Crippen molar-refractivity contribution in [3.8, 4) is 22.5 Å². The molecule has 24 heavy (non-hydrogen) atoms. The first-order chi connectivity index (χ1) is 10.6. The Morgan fingerprint density at radius 1 is 1.00 bits per heavy atom. The van der Waals surface area contributed by atoms with Crippen molar-refractivity contribution in [2.45, 2.75) is 40.8 Å². The van der Waals surface area contributed by atoms with E-state index in [2.05, 4.69) is 0 Å². The second kappa shape index (κ2) is 7.64. The van der Waals surface area contributed by atoms with Crippen molar-refractivity contribution >= 4 is 12.4 Å². The lowest BCUT2D eigenvalue weighted by molar-refractivity contribution is 0.594. The van der Waals surface area contributed by atoms with E-state index < -0.39 is 0 Å². The molecule has 0 unspecified atom stereocenters. The SMILES string of the molecule is CCn1c(C)c2c(C)nc(-c3ccccc3)c-2n(CC)c1=O.Cl.O. The summed E-state index contributed by atoms with van der Waals surface area (Å²) in [5.41, 5.74) is 6.03. The fraction of sp³-hybridized carbons (Fsp3) is 0.333. The van der Waals surface area contributed by atoms with Gasteiger partial charge in [0.25, 0.3) is 0 Å². The third-order valence-corrected chi connectivity index (χ3v) is 4.28. The molecule has 0 aromatic heterocycles. The second-order valence-electron chi connectivity index (χ2n) is 5.49. The minimum absolute atomic E-state index is 0. The predicted octanol–water partition coefficient (Wildman–Crippen LogP) is 3.07. The summed E-state index contributed by atoms with van der Waals surface area (Å²) < 4.78 is 3.67. The minimum Gasteiger partial charge on any atom is -0.412 e. The molecule has 0 atom stereocenters. The fourth-order valence-corrected chi connectivity index (χ4v) is 3.25. The first kappa shape index (κ1) is 19.9. The van der Waals surface area contributed by atoms with Crippen LogP contribution >= 0.6 is 12.4 Å². The van der Waals surface area contributed by atoms with Crippen molar-refractivity contribution in [2.24, 2.45) is 0 Å². The molecule has 1 aromatic carbocycles. The van der Waals surface area contributed by atoms with Gasteiger partial charge in [0.2, 0.25) is 0 Å². The summed E-state index contributed by atoms with van der Waals surface area (Å²) in [6.45, 7) is 9.35. The number of rotatable bonds is 3. The van der Waals surface area contributed by atoms with E-state index in [1.54, 1.807) is 0 Å². The van der Waals surface area contributed by atoms with Gasteiger partial charge < -0.3 is 5.48 Å². The van der Waals surface area contributed by atoms with E-state index >= 15 is 0 Å². The first-order valence-corrected chi connectivity index (χ1v) is 7.75. The Labute approximate surface area is 148 Å². The normalized spacial score (nSPS) is 10.3. The number of hydrogen-bond donors (Lipinski definition) is 0. The molecule has 0 spiro atoms. The molecular formula is C18H24ClN3O2. The third kappa shape index (κ3) is 2.85. The standard InChI is InChI=1S/C18H21N3O.ClH.H2O/c1-5-20-13(4)15-12(3)19-16(14-10-8-7-9-11-14)17(15)21(6-2)18(20)22;;/h7-11H,5-6H2,1-4H3;1H;1H2. The average Bonchev–Trinajstić information content (AvgIpc) is 2.87. The number of nitrogens with zero attached hydrogens (tertiary/aromatic N) is 3. The number of halogens is 1. The van der Waals surface area contributed by atoms with E-state index in [0.717, 1.165) is 33.9 Å². The van der Waals surface area contributed by atoms with Crippen molar-refractivity contribution in [1.82, 2.24) is 14.1 Å². The van der Waals surface area contributed by atoms with Crippen LogP contribution in [0.1, 0.15) is 25.2 Å². The van der Waals surface area contributed by atoms with Gasteiger partial charge >= 0.3 is 5.69 Å². The Morgan fingerprint density at radius 2 is 1.58 bits per heavy atom. The molecule has 0 amide bonds. The maximum atomic E-state index is 12.8. The first-order valence-electron chi connectivity index (χ1n) is 7.75. The van der Waals surface area contributed by atoms with Crippen LogP contribution in [-0.2, 0) is 13.1 Å². The maximum absolute atomic E-state index is 12.8. The number of benzene rings is 1. The summed E-state index contributed by atoms with van der Waals surface area (Å²) in [6.07, 6.45) is 0. The van der Waals surface area contributed by atoms with Crippen molar-refractivity contribution in [3.05, 3.63) is 52.2 Å². The topological polar surface area (TPSA) is 71.3 Å². The van der Waals surface area contributed by atoms with Gasteiger partial charge in [-0.25, -0.2) is 4.79 Å². The van der Waals surface area contributed by atoms with Crippen LogP contribution in [0.25, 0.3) is 22.5 Å². The Hall–Kier alpha value is -2.11. The monoisotopic (exact) mass is 349 g/mol. The lowest BCUT2D eigenvalue weighted by Crippen LogP contribution is -2.33. The molecule has 2 aliphatic heterocycles. The number of aryl methyl sites for hydroxylation is 1. The average molecular weight is 350 g/mol. The molecule has 2 aliphatic rings. The molecule has 6 heteroatoms. The van der Waals surface area contributed by atoms with E-state index in [0.29, 0.717) is 13.1 Å². The van der Waals surface area contributed by atoms with Crippen LogP contribution in [0.2, 0.25) is 0 Å². The summed E-state index contributed by atoms with van der Waals surface area (Å²) in [7, 11) is 0. The van der Waals surface area contributed by atoms with Crippen molar-refractivity contribution < 1.29 is 5.48 Å². The second-order valence-corrected chi connectivity index (χ2v) is 5.49. The molecule has 5 nitrogen and oxygen atoms in total. The Kier molecular flexibility index (Phi) is 6.35. The summed E-state index contributed by atoms with van der Waals surface area (Å²) in [5, 5.41) is 0. The molecule has 130 valence electrons. The van der Waals surface area contributed by atoms with E-state index in [1.165, 1.54) is 0 Å². The third-order valence-electron chi connectivity index (χ3n) is 4.28. The van der Waals surface area contributed by atoms with Crippen molar-refractivity contribution in [1.29, 1.82) is 0 Å². The molecule has 2 heterocycles. The zero-order valence-corrected chi connectivity index (χ0v) is 15.3. The molecule has 1 aromatic rings. The van der Waals surface area contributed by atoms with Gasteiger partial charge in [-0.15, -0.1) is 12.4 Å². The van der Waals surface area contributed by atoms with Crippen LogP contribution < -0.4 is 5.69 Å². The number of fused-ring (bicyclic) bond motifs is 1. The molecule has 0 saturated heterocycles. The highest BCUT2D eigenvalue weighted by Crippen LogP contribution is 2.36. The van der Waals surface area contributed by atoms with Crippen molar-refractivity contribution in [3.63, 3.8) is 0 Å². The molecule has 3 rings (SSSR count). The molecule has 0 bridgehead atoms. The van der Waals surface area contributed by atoms with Crippen LogP contribution in [0, 0.1) is 13.8 Å². The molecule has 0 aliphatic carbocycles. The highest BCUT2D eigenvalue weighted by molar-refractivity contribution is 5.85. The molecule has 2 N–H and O–H groups in total. The lowest BCUT2D eigenvalue weighted by atomic mass is 10.0. The summed E-state index contributed by atoms with van der Waals surface area (Å²) in [4.78, 5) is 17.5. The Balaban J connectivity index is 0.00000144. The number of hydrogen-bond acceptors (Lipinski definition) is 2. The summed E-state index contributed by atoms with van der Waals surface area (Å²) in [6, 6.07) is 10.1. The molecule has 0 saturated carbocycles. The maximum Gasteiger partial charge on any atom is 0.328 e. The van der Waals surface area contributed by atoms with Crippen LogP contribution in [0.15, 0.2) is 35.1 Å². The van der Waals surface area contributed by atoms with Crippen molar-refractivity contribution in [2.75, 3.05) is 0 Å². The van der Waals surface area contributed by atoms with Crippen LogP contribution in [0.5, 0.6) is 0 Å². The molecular weight excluding hydrogens is 326 g/mol. The van der Waals surface area contributed by atoms with Gasteiger partial charge in [0.1, 0.15) is 0 Å². The Morgan fingerprint density at radius 3 is 2.12 bits per heavy atom. The van der Waals surface area contributed by atoms with Gasteiger partial charge in [0.15, 0.2) is 0 Å². The van der Waals surface area contributed by atoms with Crippen LogP contribution in [0.4, 0.5) is 0 Å². The van der Waals surface area contributed by atoms with E-state index in [1.807, 2.05) is 67.2 Å². The Bertz CT molecular complexity index is 853. The van der Waals surface area contributed by atoms with E-state index in [9.17, 15) is 4.79 Å². The van der Waals surface area contributed by atoms with Gasteiger partial charge in [-0.2, -0.15) is 0 Å². The van der Waals surface area contributed by atoms with Gasteiger partial charge in [-0.1, -0.05) is 30.3 Å². The van der Waals surface area contributed by atoms with Gasteiger partial charge in [0, 0.05) is 35.6 Å². The quantitative estimate of drug-likeness (QED) is 0.729. The van der Waals surface area contributed by atoms with Crippen LogP contribution in [0.3, 0.4) is 0 Å². The lowest BCUT2D eigenvalue weighted by Gasteiger charge is -2.19. The van der Waals surface area contributed by atoms with Gasteiger partial charge in [-0.05, 0) is 27.7 Å². The van der Waals surface area contributed by atoms with E-state index in [-0.39, 0.29) is 23.6 Å².